The highest BCUT2D eigenvalue weighted by Crippen LogP contribution is 2.34. The van der Waals surface area contributed by atoms with Gasteiger partial charge in [-0.1, -0.05) is 54.3 Å². The molecule has 0 saturated carbocycles. The molecule has 0 aromatic heterocycles. The smallest absolute Gasteiger partial charge is 0.266 e. The van der Waals surface area contributed by atoms with Gasteiger partial charge in [-0.15, -0.1) is 0 Å². The van der Waals surface area contributed by atoms with E-state index < -0.39 is 0 Å². The zero-order chi connectivity index (χ0) is 21.0. The number of rotatable bonds is 6. The number of benzene rings is 2. The van der Waals surface area contributed by atoms with Gasteiger partial charge in [0.25, 0.3) is 5.91 Å². The Morgan fingerprint density at radius 2 is 1.97 bits per heavy atom. The second-order valence-corrected chi connectivity index (χ2v) is 8.30. The van der Waals surface area contributed by atoms with Gasteiger partial charge in [-0.2, -0.15) is 0 Å². The van der Waals surface area contributed by atoms with Crippen LogP contribution in [0.5, 0.6) is 5.75 Å². The average molecular weight is 427 g/mol. The summed E-state index contributed by atoms with van der Waals surface area (Å²) in [4.78, 5) is 27.1. The number of nitrogens with zero attached hydrogens (tertiary/aromatic N) is 1. The van der Waals surface area contributed by atoms with Crippen molar-refractivity contribution in [2.24, 2.45) is 0 Å². The number of methoxy groups -OCH3 is 1. The van der Waals surface area contributed by atoms with E-state index in [4.69, 9.17) is 17.0 Å². The number of thioether (sulfide) groups is 1. The SMILES string of the molecule is COc1ccccc1C=C1SC(=S)N(CCC(=O)Nc2cccc(C)c2C)C1=O. The number of amides is 2. The van der Waals surface area contributed by atoms with Crippen molar-refractivity contribution >= 4 is 51.9 Å². The van der Waals surface area contributed by atoms with E-state index in [1.807, 2.05) is 56.3 Å². The van der Waals surface area contributed by atoms with Crippen LogP contribution < -0.4 is 10.1 Å². The Morgan fingerprint density at radius 1 is 1.21 bits per heavy atom. The molecule has 1 aliphatic rings. The first-order valence-corrected chi connectivity index (χ1v) is 10.4. The van der Waals surface area contributed by atoms with Crippen LogP contribution in [0.3, 0.4) is 0 Å². The van der Waals surface area contributed by atoms with E-state index in [1.165, 1.54) is 16.7 Å². The summed E-state index contributed by atoms with van der Waals surface area (Å²) in [5.41, 5.74) is 3.74. The number of para-hydroxylation sites is 1. The summed E-state index contributed by atoms with van der Waals surface area (Å²) >= 11 is 6.59. The summed E-state index contributed by atoms with van der Waals surface area (Å²) in [6.07, 6.45) is 1.94. The number of aryl methyl sites for hydroxylation is 1. The number of hydrogen-bond donors (Lipinski definition) is 1. The molecule has 2 aromatic rings. The predicted octanol–water partition coefficient (Wildman–Crippen LogP) is 4.54. The molecule has 0 radical (unpaired) electrons. The molecule has 2 aromatic carbocycles. The maximum Gasteiger partial charge on any atom is 0.266 e. The van der Waals surface area contributed by atoms with Gasteiger partial charge in [0.15, 0.2) is 0 Å². The zero-order valence-corrected chi connectivity index (χ0v) is 18.2. The topological polar surface area (TPSA) is 58.6 Å². The molecule has 0 aliphatic carbocycles. The third-order valence-corrected chi connectivity index (χ3v) is 6.12. The van der Waals surface area contributed by atoms with E-state index in [1.54, 1.807) is 13.2 Å². The van der Waals surface area contributed by atoms with E-state index in [-0.39, 0.29) is 24.8 Å². The van der Waals surface area contributed by atoms with Gasteiger partial charge in [0.2, 0.25) is 5.91 Å². The van der Waals surface area contributed by atoms with E-state index in [0.717, 1.165) is 22.4 Å². The van der Waals surface area contributed by atoms with Crippen molar-refractivity contribution in [1.29, 1.82) is 0 Å². The number of anilines is 1. The number of nitrogens with one attached hydrogen (secondary N) is 1. The molecule has 3 rings (SSSR count). The lowest BCUT2D eigenvalue weighted by molar-refractivity contribution is -0.122. The van der Waals surface area contributed by atoms with Crippen molar-refractivity contribution in [2.75, 3.05) is 19.0 Å². The maximum atomic E-state index is 12.8. The lowest BCUT2D eigenvalue weighted by atomic mass is 10.1. The molecule has 29 heavy (non-hydrogen) atoms. The van der Waals surface area contributed by atoms with Gasteiger partial charge in [-0.3, -0.25) is 14.5 Å². The van der Waals surface area contributed by atoms with Crippen molar-refractivity contribution in [3.05, 3.63) is 64.1 Å². The van der Waals surface area contributed by atoms with Gasteiger partial charge in [0.05, 0.1) is 12.0 Å². The van der Waals surface area contributed by atoms with Crippen molar-refractivity contribution in [3.63, 3.8) is 0 Å². The molecule has 150 valence electrons. The predicted molar refractivity (Wildman–Crippen MR) is 122 cm³/mol. The van der Waals surface area contributed by atoms with Gasteiger partial charge in [-0.05, 0) is 43.2 Å². The summed E-state index contributed by atoms with van der Waals surface area (Å²) in [5, 5.41) is 2.91. The Kier molecular flexibility index (Phi) is 6.71. The molecule has 1 heterocycles. The Bertz CT molecular complexity index is 1000. The van der Waals surface area contributed by atoms with E-state index in [0.29, 0.717) is 15.0 Å². The minimum atomic E-state index is -0.189. The highest BCUT2D eigenvalue weighted by molar-refractivity contribution is 8.26. The van der Waals surface area contributed by atoms with Gasteiger partial charge in [0, 0.05) is 24.2 Å². The van der Waals surface area contributed by atoms with Crippen LogP contribution in [0.4, 0.5) is 5.69 Å². The summed E-state index contributed by atoms with van der Waals surface area (Å²) in [5.74, 6) is 0.345. The van der Waals surface area contributed by atoms with Crippen molar-refractivity contribution in [2.45, 2.75) is 20.3 Å². The summed E-state index contributed by atoms with van der Waals surface area (Å²) in [6, 6.07) is 13.2. The van der Waals surface area contributed by atoms with Crippen molar-refractivity contribution < 1.29 is 14.3 Å². The zero-order valence-electron chi connectivity index (χ0n) is 16.5. The summed E-state index contributed by atoms with van der Waals surface area (Å²) in [7, 11) is 1.59. The van der Waals surface area contributed by atoms with E-state index in [2.05, 4.69) is 5.32 Å². The van der Waals surface area contributed by atoms with Crippen LogP contribution in [0.25, 0.3) is 6.08 Å². The van der Waals surface area contributed by atoms with Crippen LogP contribution >= 0.6 is 24.0 Å². The van der Waals surface area contributed by atoms with Crippen LogP contribution in [-0.2, 0) is 9.59 Å². The number of thiocarbonyl (C=S) groups is 1. The first-order valence-electron chi connectivity index (χ1n) is 9.15. The fraction of sp³-hybridized carbons (Fsp3) is 0.227. The maximum absolute atomic E-state index is 12.8. The molecule has 0 bridgehead atoms. The normalized spacial score (nSPS) is 15.1. The van der Waals surface area contributed by atoms with Crippen LogP contribution in [-0.4, -0.2) is 34.7 Å². The largest absolute Gasteiger partial charge is 0.496 e. The van der Waals surface area contributed by atoms with Gasteiger partial charge in [0.1, 0.15) is 10.1 Å². The first-order chi connectivity index (χ1) is 13.9. The molecular weight excluding hydrogens is 404 g/mol. The Balaban J connectivity index is 1.65. The van der Waals surface area contributed by atoms with Gasteiger partial charge < -0.3 is 10.1 Å². The first kappa shape index (κ1) is 21.1. The van der Waals surface area contributed by atoms with Crippen LogP contribution in [0, 0.1) is 13.8 Å². The molecule has 1 saturated heterocycles. The standard InChI is InChI=1S/C22H22N2O3S2/c1-14-7-6-9-17(15(14)2)23-20(25)11-12-24-21(26)19(29-22(24)28)13-16-8-4-5-10-18(16)27-3/h4-10,13H,11-12H2,1-3H3,(H,23,25). The number of carbonyl (C=O) groups excluding carboxylic acids is 2. The van der Waals surface area contributed by atoms with Crippen LogP contribution in [0.2, 0.25) is 0 Å². The number of ether oxygens (including phenoxy) is 1. The van der Waals surface area contributed by atoms with Gasteiger partial charge in [-0.25, -0.2) is 0 Å². The molecule has 0 spiro atoms. The Labute approximate surface area is 180 Å². The quantitative estimate of drug-likeness (QED) is 0.543. The molecule has 1 N–H and O–H groups in total. The lowest BCUT2D eigenvalue weighted by Crippen LogP contribution is -2.31. The summed E-state index contributed by atoms with van der Waals surface area (Å²) < 4.78 is 5.79. The van der Waals surface area contributed by atoms with E-state index in [9.17, 15) is 9.59 Å². The molecule has 1 aliphatic heterocycles. The van der Waals surface area contributed by atoms with Crippen molar-refractivity contribution in [1.82, 2.24) is 4.90 Å². The Morgan fingerprint density at radius 3 is 2.72 bits per heavy atom. The third-order valence-electron chi connectivity index (χ3n) is 4.74. The number of hydrogen-bond acceptors (Lipinski definition) is 5. The molecule has 0 atom stereocenters. The monoisotopic (exact) mass is 426 g/mol. The second kappa shape index (κ2) is 9.24. The van der Waals surface area contributed by atoms with E-state index >= 15 is 0 Å². The lowest BCUT2D eigenvalue weighted by Gasteiger charge is -2.15. The van der Waals surface area contributed by atoms with Crippen molar-refractivity contribution in [3.8, 4) is 5.75 Å². The fourth-order valence-electron chi connectivity index (χ4n) is 2.93. The van der Waals surface area contributed by atoms with Crippen LogP contribution in [0.1, 0.15) is 23.1 Å². The molecule has 7 heteroatoms. The average Bonchev–Trinajstić information content (AvgIpc) is 2.97. The highest BCUT2D eigenvalue weighted by Gasteiger charge is 2.32. The molecular formula is C22H22N2O3S2. The Hall–Kier alpha value is -2.64. The third kappa shape index (κ3) is 4.86. The molecule has 0 unspecified atom stereocenters. The highest BCUT2D eigenvalue weighted by atomic mass is 32.2. The second-order valence-electron chi connectivity index (χ2n) is 6.62. The summed E-state index contributed by atoms with van der Waals surface area (Å²) in [6.45, 7) is 4.21. The minimum absolute atomic E-state index is 0.151. The van der Waals surface area contributed by atoms with Gasteiger partial charge >= 0.3 is 0 Å². The fourth-order valence-corrected chi connectivity index (χ4v) is 4.23. The minimum Gasteiger partial charge on any atom is -0.496 e. The molecule has 1 fully saturated rings. The molecule has 5 nitrogen and oxygen atoms in total. The number of carbonyl (C=O) groups is 2. The van der Waals surface area contributed by atoms with Crippen LogP contribution in [0.15, 0.2) is 47.4 Å². The molecule has 2 amide bonds.